The molecule has 0 saturated carbocycles. The zero-order valence-corrected chi connectivity index (χ0v) is 10.9. The summed E-state index contributed by atoms with van der Waals surface area (Å²) in [6.45, 7) is 6.74. The normalized spacial score (nSPS) is 21.1. The van der Waals surface area contributed by atoms with E-state index in [1.165, 1.54) is 23.4 Å². The van der Waals surface area contributed by atoms with Crippen molar-refractivity contribution in [1.29, 1.82) is 0 Å². The van der Waals surface area contributed by atoms with Crippen molar-refractivity contribution < 1.29 is 0 Å². The van der Waals surface area contributed by atoms with Gasteiger partial charge in [-0.2, -0.15) is 11.8 Å². The molecule has 2 N–H and O–H groups in total. The van der Waals surface area contributed by atoms with E-state index in [0.29, 0.717) is 0 Å². The molecule has 2 rings (SSSR count). The molecular weight excluding hydrogens is 216 g/mol. The van der Waals surface area contributed by atoms with Crippen molar-refractivity contribution in [3.63, 3.8) is 0 Å². The van der Waals surface area contributed by atoms with Gasteiger partial charge in [-0.15, -0.1) is 0 Å². The Balaban J connectivity index is 2.19. The Morgan fingerprint density at radius 1 is 1.50 bits per heavy atom. The minimum Gasteiger partial charge on any atom is -0.399 e. The maximum absolute atomic E-state index is 5.87. The van der Waals surface area contributed by atoms with E-state index in [0.717, 1.165) is 24.0 Å². The fraction of sp³-hybridized carbons (Fsp3) is 0.538. The van der Waals surface area contributed by atoms with E-state index >= 15 is 0 Å². The van der Waals surface area contributed by atoms with Crippen LogP contribution in [0.15, 0.2) is 18.2 Å². The number of benzene rings is 1. The van der Waals surface area contributed by atoms with E-state index in [1.807, 2.05) is 6.07 Å². The second kappa shape index (κ2) is 5.00. The third-order valence-corrected chi connectivity index (χ3v) is 4.54. The Morgan fingerprint density at radius 3 is 3.06 bits per heavy atom. The van der Waals surface area contributed by atoms with Gasteiger partial charge in [0.2, 0.25) is 0 Å². The third kappa shape index (κ3) is 2.46. The number of aryl methyl sites for hydroxylation is 1. The number of nitrogens with zero attached hydrogens (tertiary/aromatic N) is 1. The van der Waals surface area contributed by atoms with Crippen LogP contribution in [0.4, 0.5) is 11.4 Å². The molecule has 1 aliphatic heterocycles. The van der Waals surface area contributed by atoms with E-state index < -0.39 is 0 Å². The summed E-state index contributed by atoms with van der Waals surface area (Å²) in [5.74, 6) is 1.23. The van der Waals surface area contributed by atoms with Gasteiger partial charge in [0.1, 0.15) is 0 Å². The molecule has 1 unspecified atom stereocenters. The second-order valence-corrected chi connectivity index (χ2v) is 5.80. The van der Waals surface area contributed by atoms with Gasteiger partial charge in [-0.3, -0.25) is 0 Å². The van der Waals surface area contributed by atoms with Crippen LogP contribution in [0.1, 0.15) is 18.9 Å². The first-order valence-corrected chi connectivity index (χ1v) is 6.98. The Bertz CT molecular complexity index is 365. The van der Waals surface area contributed by atoms with Crippen LogP contribution in [-0.2, 0) is 0 Å². The van der Waals surface area contributed by atoms with Crippen molar-refractivity contribution >= 4 is 23.1 Å². The molecule has 1 aromatic rings. The number of rotatable bonds is 2. The lowest BCUT2D eigenvalue weighted by molar-refractivity contribution is 0.727. The van der Waals surface area contributed by atoms with Gasteiger partial charge in [0.25, 0.3) is 0 Å². The van der Waals surface area contributed by atoms with Crippen molar-refractivity contribution in [2.24, 2.45) is 0 Å². The van der Waals surface area contributed by atoms with Crippen molar-refractivity contribution in [2.75, 3.05) is 29.5 Å². The molecule has 16 heavy (non-hydrogen) atoms. The van der Waals surface area contributed by atoms with Gasteiger partial charge >= 0.3 is 0 Å². The Kier molecular flexibility index (Phi) is 3.64. The predicted molar refractivity (Wildman–Crippen MR) is 74.3 cm³/mol. The zero-order valence-electron chi connectivity index (χ0n) is 10.1. The van der Waals surface area contributed by atoms with Gasteiger partial charge in [0.05, 0.1) is 0 Å². The average Bonchev–Trinajstić information content (AvgIpc) is 2.32. The Hall–Kier alpha value is -0.830. The predicted octanol–water partition coefficient (Wildman–Crippen LogP) is 2.91. The molecule has 0 spiro atoms. The van der Waals surface area contributed by atoms with E-state index in [4.69, 9.17) is 5.73 Å². The molecule has 0 bridgehead atoms. The molecule has 0 aliphatic carbocycles. The van der Waals surface area contributed by atoms with E-state index in [1.54, 1.807) is 0 Å². The molecule has 1 atom stereocenters. The fourth-order valence-corrected chi connectivity index (χ4v) is 3.33. The average molecular weight is 236 g/mol. The highest BCUT2D eigenvalue weighted by Crippen LogP contribution is 2.29. The third-order valence-electron chi connectivity index (χ3n) is 3.17. The summed E-state index contributed by atoms with van der Waals surface area (Å²) in [6, 6.07) is 6.21. The maximum atomic E-state index is 5.87. The van der Waals surface area contributed by atoms with Gasteiger partial charge in [0.15, 0.2) is 0 Å². The number of anilines is 2. The minimum atomic E-state index is 0.773. The van der Waals surface area contributed by atoms with Crippen molar-refractivity contribution in [2.45, 2.75) is 25.5 Å². The summed E-state index contributed by atoms with van der Waals surface area (Å²) in [5.41, 5.74) is 9.38. The molecule has 1 fully saturated rings. The first kappa shape index (κ1) is 11.6. The molecule has 1 aromatic carbocycles. The molecule has 2 nitrogen and oxygen atoms in total. The molecule has 88 valence electrons. The Labute approximate surface area is 102 Å². The molecule has 0 radical (unpaired) electrons. The smallest absolute Gasteiger partial charge is 0.0417 e. The van der Waals surface area contributed by atoms with Crippen LogP contribution in [0.25, 0.3) is 0 Å². The van der Waals surface area contributed by atoms with Gasteiger partial charge in [-0.25, -0.2) is 0 Å². The quantitative estimate of drug-likeness (QED) is 0.801. The lowest BCUT2D eigenvalue weighted by atomic mass is 10.1. The van der Waals surface area contributed by atoms with Crippen molar-refractivity contribution in [3.05, 3.63) is 23.8 Å². The molecule has 0 amide bonds. The largest absolute Gasteiger partial charge is 0.399 e. The summed E-state index contributed by atoms with van der Waals surface area (Å²) < 4.78 is 0. The van der Waals surface area contributed by atoms with Crippen LogP contribution in [-0.4, -0.2) is 24.1 Å². The van der Waals surface area contributed by atoms with E-state index in [-0.39, 0.29) is 0 Å². The first-order valence-electron chi connectivity index (χ1n) is 5.93. The summed E-state index contributed by atoms with van der Waals surface area (Å²) >= 11 is 2.10. The van der Waals surface area contributed by atoms with Crippen molar-refractivity contribution in [3.8, 4) is 0 Å². The van der Waals surface area contributed by atoms with Gasteiger partial charge in [-0.05, 0) is 31.0 Å². The summed E-state index contributed by atoms with van der Waals surface area (Å²) in [5, 5.41) is 0.773. The van der Waals surface area contributed by atoms with Crippen LogP contribution in [0.2, 0.25) is 0 Å². The van der Waals surface area contributed by atoms with Gasteiger partial charge in [0, 0.05) is 35.5 Å². The highest BCUT2D eigenvalue weighted by molar-refractivity contribution is 8.00. The lowest BCUT2D eigenvalue weighted by Gasteiger charge is -2.34. The number of hydrogen-bond acceptors (Lipinski definition) is 3. The lowest BCUT2D eigenvalue weighted by Crippen LogP contribution is -2.38. The Morgan fingerprint density at radius 2 is 2.31 bits per heavy atom. The van der Waals surface area contributed by atoms with Crippen LogP contribution in [0.5, 0.6) is 0 Å². The summed E-state index contributed by atoms with van der Waals surface area (Å²) in [7, 11) is 0. The standard InChI is InChI=1S/C13H20N2S/c1-3-12-9-15(6-7-16-12)13-8-11(14)5-4-10(13)2/h4-5,8,12H,3,6-7,9,14H2,1-2H3. The maximum Gasteiger partial charge on any atom is 0.0417 e. The number of nitrogens with two attached hydrogens (primary N) is 1. The van der Waals surface area contributed by atoms with Crippen LogP contribution in [0, 0.1) is 6.92 Å². The highest BCUT2D eigenvalue weighted by Gasteiger charge is 2.20. The summed E-state index contributed by atoms with van der Waals surface area (Å²) in [4.78, 5) is 2.48. The van der Waals surface area contributed by atoms with Crippen LogP contribution in [0.3, 0.4) is 0 Å². The fourth-order valence-electron chi connectivity index (χ4n) is 2.15. The molecular formula is C13H20N2S. The molecule has 3 heteroatoms. The molecule has 1 aliphatic rings. The van der Waals surface area contributed by atoms with Crippen LogP contribution < -0.4 is 10.6 Å². The number of thioether (sulfide) groups is 1. The minimum absolute atomic E-state index is 0.773. The second-order valence-electron chi connectivity index (χ2n) is 4.39. The van der Waals surface area contributed by atoms with Crippen molar-refractivity contribution in [1.82, 2.24) is 0 Å². The molecule has 1 saturated heterocycles. The SMILES string of the molecule is CCC1CN(c2cc(N)ccc2C)CCS1. The summed E-state index contributed by atoms with van der Waals surface area (Å²) in [6.07, 6.45) is 1.25. The number of hydrogen-bond donors (Lipinski definition) is 1. The highest BCUT2D eigenvalue weighted by atomic mass is 32.2. The molecule has 0 aromatic heterocycles. The van der Waals surface area contributed by atoms with Crippen LogP contribution >= 0.6 is 11.8 Å². The van der Waals surface area contributed by atoms with E-state index in [9.17, 15) is 0 Å². The first-order chi connectivity index (χ1) is 7.70. The zero-order chi connectivity index (χ0) is 11.5. The van der Waals surface area contributed by atoms with Gasteiger partial charge < -0.3 is 10.6 Å². The monoisotopic (exact) mass is 236 g/mol. The topological polar surface area (TPSA) is 29.3 Å². The van der Waals surface area contributed by atoms with Gasteiger partial charge in [-0.1, -0.05) is 13.0 Å². The number of nitrogen functional groups attached to an aromatic ring is 1. The molecule has 1 heterocycles. The van der Waals surface area contributed by atoms with E-state index in [2.05, 4.69) is 42.6 Å².